The second kappa shape index (κ2) is 5.09. The van der Waals surface area contributed by atoms with Crippen LogP contribution in [0.3, 0.4) is 0 Å². The molecule has 0 aromatic carbocycles. The van der Waals surface area contributed by atoms with E-state index in [9.17, 15) is 5.11 Å². The van der Waals surface area contributed by atoms with Gasteiger partial charge in [-0.25, -0.2) is 0 Å². The average Bonchev–Trinajstić information content (AvgIpc) is 2.02. The summed E-state index contributed by atoms with van der Waals surface area (Å²) < 4.78 is 0. The fourth-order valence-corrected chi connectivity index (χ4v) is 1.36. The summed E-state index contributed by atoms with van der Waals surface area (Å²) in [6.07, 6.45) is 9.05. The third-order valence-electron chi connectivity index (χ3n) is 2.06. The predicted molar refractivity (Wildman–Crippen MR) is 57.3 cm³/mol. The Kier molecular flexibility index (Phi) is 4.80. The van der Waals surface area contributed by atoms with Crippen molar-refractivity contribution in [3.63, 3.8) is 0 Å². The SMILES string of the molecule is C#CC(C)(O)CC(C=C(C)C)CC. The van der Waals surface area contributed by atoms with Gasteiger partial charge in [0.15, 0.2) is 0 Å². The van der Waals surface area contributed by atoms with Gasteiger partial charge < -0.3 is 5.11 Å². The molecular formula is C12H20O. The number of rotatable bonds is 4. The summed E-state index contributed by atoms with van der Waals surface area (Å²) in [7, 11) is 0. The van der Waals surface area contributed by atoms with Crippen molar-refractivity contribution < 1.29 is 5.11 Å². The van der Waals surface area contributed by atoms with Crippen LogP contribution in [0.1, 0.15) is 40.5 Å². The Morgan fingerprint density at radius 3 is 2.46 bits per heavy atom. The predicted octanol–water partition coefficient (Wildman–Crippen LogP) is 2.75. The lowest BCUT2D eigenvalue weighted by Crippen LogP contribution is -2.24. The molecule has 0 saturated carbocycles. The van der Waals surface area contributed by atoms with Crippen LogP contribution < -0.4 is 0 Å². The maximum absolute atomic E-state index is 9.67. The van der Waals surface area contributed by atoms with Crippen molar-refractivity contribution in [1.29, 1.82) is 0 Å². The molecule has 0 aliphatic heterocycles. The van der Waals surface area contributed by atoms with Gasteiger partial charge in [0, 0.05) is 0 Å². The van der Waals surface area contributed by atoms with Crippen LogP contribution in [0.15, 0.2) is 11.6 Å². The van der Waals surface area contributed by atoms with Crippen LogP contribution in [-0.2, 0) is 0 Å². The van der Waals surface area contributed by atoms with Crippen LogP contribution in [0.4, 0.5) is 0 Å². The van der Waals surface area contributed by atoms with Gasteiger partial charge in [-0.05, 0) is 39.5 Å². The van der Waals surface area contributed by atoms with Crippen molar-refractivity contribution >= 4 is 0 Å². The molecule has 1 nitrogen and oxygen atoms in total. The van der Waals surface area contributed by atoms with E-state index in [1.54, 1.807) is 6.92 Å². The van der Waals surface area contributed by atoms with Gasteiger partial charge in [-0.2, -0.15) is 0 Å². The summed E-state index contributed by atoms with van der Waals surface area (Å²) in [5.41, 5.74) is 0.312. The van der Waals surface area contributed by atoms with Crippen LogP contribution in [0.5, 0.6) is 0 Å². The van der Waals surface area contributed by atoms with E-state index < -0.39 is 5.60 Å². The number of hydrogen-bond donors (Lipinski definition) is 1. The molecule has 2 atom stereocenters. The highest BCUT2D eigenvalue weighted by Crippen LogP contribution is 2.21. The van der Waals surface area contributed by atoms with E-state index in [1.165, 1.54) is 5.57 Å². The smallest absolute Gasteiger partial charge is 0.123 e. The fourth-order valence-electron chi connectivity index (χ4n) is 1.36. The Morgan fingerprint density at radius 2 is 2.15 bits per heavy atom. The Hall–Kier alpha value is -0.740. The molecule has 13 heavy (non-hydrogen) atoms. The van der Waals surface area contributed by atoms with Gasteiger partial charge in [0.1, 0.15) is 5.60 Å². The summed E-state index contributed by atoms with van der Waals surface area (Å²) >= 11 is 0. The first-order valence-electron chi connectivity index (χ1n) is 4.76. The van der Waals surface area contributed by atoms with Crippen LogP contribution in [-0.4, -0.2) is 10.7 Å². The first-order chi connectivity index (χ1) is 5.91. The highest BCUT2D eigenvalue weighted by Gasteiger charge is 2.20. The molecule has 2 unspecified atom stereocenters. The van der Waals surface area contributed by atoms with E-state index in [1.807, 2.05) is 0 Å². The monoisotopic (exact) mass is 180 g/mol. The zero-order valence-corrected chi connectivity index (χ0v) is 9.09. The molecule has 0 radical (unpaired) electrons. The molecule has 0 aliphatic rings. The largest absolute Gasteiger partial charge is 0.378 e. The Bertz CT molecular complexity index is 214. The number of aliphatic hydroxyl groups is 1. The first-order valence-corrected chi connectivity index (χ1v) is 4.76. The standard InChI is InChI=1S/C12H20O/c1-6-11(8-10(3)4)9-12(5,13)7-2/h2,8,11,13H,6,9H2,1,3-5H3. The van der Waals surface area contributed by atoms with E-state index in [-0.39, 0.29) is 0 Å². The minimum atomic E-state index is -0.966. The summed E-state index contributed by atoms with van der Waals surface area (Å²) in [5, 5.41) is 9.67. The van der Waals surface area contributed by atoms with E-state index in [2.05, 4.69) is 32.8 Å². The van der Waals surface area contributed by atoms with Crippen molar-refractivity contribution in [3.8, 4) is 12.3 Å². The quantitative estimate of drug-likeness (QED) is 0.521. The zero-order chi connectivity index (χ0) is 10.5. The van der Waals surface area contributed by atoms with Gasteiger partial charge in [0.05, 0.1) is 0 Å². The molecule has 74 valence electrons. The third-order valence-corrected chi connectivity index (χ3v) is 2.06. The molecular weight excluding hydrogens is 160 g/mol. The van der Waals surface area contributed by atoms with Gasteiger partial charge in [0.25, 0.3) is 0 Å². The van der Waals surface area contributed by atoms with E-state index in [0.717, 1.165) is 6.42 Å². The minimum absolute atomic E-state index is 0.385. The first kappa shape index (κ1) is 12.3. The van der Waals surface area contributed by atoms with Crippen LogP contribution >= 0.6 is 0 Å². The van der Waals surface area contributed by atoms with E-state index in [0.29, 0.717) is 12.3 Å². The van der Waals surface area contributed by atoms with Gasteiger partial charge >= 0.3 is 0 Å². The molecule has 0 aromatic rings. The molecule has 1 heteroatoms. The van der Waals surface area contributed by atoms with Crippen LogP contribution in [0.2, 0.25) is 0 Å². The Morgan fingerprint density at radius 1 is 1.62 bits per heavy atom. The summed E-state index contributed by atoms with van der Waals surface area (Å²) in [4.78, 5) is 0. The number of terminal acetylenes is 1. The fraction of sp³-hybridized carbons (Fsp3) is 0.667. The van der Waals surface area contributed by atoms with E-state index >= 15 is 0 Å². The molecule has 0 spiro atoms. The van der Waals surface area contributed by atoms with Crippen LogP contribution in [0.25, 0.3) is 0 Å². The molecule has 1 N–H and O–H groups in total. The lowest BCUT2D eigenvalue weighted by Gasteiger charge is -2.21. The van der Waals surface area contributed by atoms with Crippen molar-refractivity contribution in [2.75, 3.05) is 0 Å². The lowest BCUT2D eigenvalue weighted by molar-refractivity contribution is 0.0984. The highest BCUT2D eigenvalue weighted by atomic mass is 16.3. The molecule has 0 heterocycles. The van der Waals surface area contributed by atoms with Crippen molar-refractivity contribution in [1.82, 2.24) is 0 Å². The second-order valence-electron chi connectivity index (χ2n) is 4.03. The lowest BCUT2D eigenvalue weighted by atomic mass is 9.89. The van der Waals surface area contributed by atoms with Crippen molar-refractivity contribution in [3.05, 3.63) is 11.6 Å². The molecule has 0 amide bonds. The average molecular weight is 180 g/mol. The summed E-state index contributed by atoms with van der Waals surface area (Å²) in [6, 6.07) is 0. The summed E-state index contributed by atoms with van der Waals surface area (Å²) in [5.74, 6) is 2.79. The van der Waals surface area contributed by atoms with Gasteiger partial charge in [-0.1, -0.05) is 24.5 Å². The van der Waals surface area contributed by atoms with Crippen molar-refractivity contribution in [2.45, 2.75) is 46.1 Å². The van der Waals surface area contributed by atoms with Gasteiger partial charge in [-0.15, -0.1) is 6.42 Å². The van der Waals surface area contributed by atoms with Crippen molar-refractivity contribution in [2.24, 2.45) is 5.92 Å². The molecule has 0 aliphatic carbocycles. The number of allylic oxidation sites excluding steroid dienone is 2. The molecule has 0 bridgehead atoms. The molecule has 0 rings (SSSR count). The Balaban J connectivity index is 4.32. The maximum atomic E-state index is 9.67. The second-order valence-corrected chi connectivity index (χ2v) is 4.03. The Labute approximate surface area is 81.9 Å². The highest BCUT2D eigenvalue weighted by molar-refractivity contribution is 5.08. The molecule has 0 fully saturated rings. The third kappa shape index (κ3) is 5.49. The topological polar surface area (TPSA) is 20.2 Å². The molecule has 0 saturated heterocycles. The van der Waals surface area contributed by atoms with Gasteiger partial charge in [0.2, 0.25) is 0 Å². The minimum Gasteiger partial charge on any atom is -0.378 e. The molecule has 0 aromatic heterocycles. The number of hydrogen-bond acceptors (Lipinski definition) is 1. The maximum Gasteiger partial charge on any atom is 0.123 e. The zero-order valence-electron chi connectivity index (χ0n) is 9.09. The van der Waals surface area contributed by atoms with Gasteiger partial charge in [-0.3, -0.25) is 0 Å². The normalized spacial score (nSPS) is 16.9. The van der Waals surface area contributed by atoms with Crippen LogP contribution in [0, 0.1) is 18.3 Å². The van der Waals surface area contributed by atoms with E-state index in [4.69, 9.17) is 6.42 Å². The summed E-state index contributed by atoms with van der Waals surface area (Å²) in [6.45, 7) is 7.92.